The Kier molecular flexibility index (Phi) is 9.43. The molecule has 0 unspecified atom stereocenters. The Hall–Kier alpha value is -11.1. The summed E-state index contributed by atoms with van der Waals surface area (Å²) in [7, 11) is 1.41. The first-order valence-corrected chi connectivity index (χ1v) is 24.3. The Labute approximate surface area is 439 Å². The summed E-state index contributed by atoms with van der Waals surface area (Å²) in [6.07, 6.45) is 0. The molecule has 0 fully saturated rings. The van der Waals surface area contributed by atoms with Crippen LogP contribution in [-0.4, -0.2) is 89.4 Å². The third-order valence-corrected chi connectivity index (χ3v) is 14.8. The fraction of sp³-hybridized carbons (Fsp3) is 0.0333. The number of anilines is 3. The van der Waals surface area contributed by atoms with Crippen LogP contribution in [0.15, 0.2) is 146 Å². The van der Waals surface area contributed by atoms with Crippen LogP contribution >= 0.6 is 0 Å². The van der Waals surface area contributed by atoms with E-state index in [4.69, 9.17) is 0 Å². The SMILES string of the molecule is Cc1ccc2[nH]c(-c3ccc(N4C(=O)c5ccc(-c6ccc7c(c6)C(=O)N(c6ccc(O)c(-c8nc9ccc(N%10C(=O)c%11ccc(-c%12ccc%13c(c%12)C(=O)N(C)C%13=O)cc%11C%10=O)cc9[nH]8)c6)C7=O)cc5C4=O)cc3O)nc2c1. The Morgan fingerprint density at radius 3 is 1.31 bits per heavy atom. The lowest BCUT2D eigenvalue weighted by Gasteiger charge is -2.15. The van der Waals surface area contributed by atoms with E-state index in [1.165, 1.54) is 49.5 Å². The molecule has 18 heteroatoms. The number of benzene rings is 8. The number of imide groups is 4. The van der Waals surface area contributed by atoms with Crippen LogP contribution in [0, 0.1) is 6.92 Å². The largest absolute Gasteiger partial charge is 0.507 e. The van der Waals surface area contributed by atoms with Crippen LogP contribution in [0.4, 0.5) is 17.1 Å². The second-order valence-corrected chi connectivity index (χ2v) is 19.3. The molecule has 78 heavy (non-hydrogen) atoms. The zero-order chi connectivity index (χ0) is 53.7. The molecular formula is C60H34N8O10. The number of carbonyl (C=O) groups excluding carboxylic acids is 8. The molecule has 0 atom stereocenters. The summed E-state index contributed by atoms with van der Waals surface area (Å²) in [5.74, 6) is -4.29. The van der Waals surface area contributed by atoms with Gasteiger partial charge in [-0.1, -0.05) is 30.3 Å². The van der Waals surface area contributed by atoms with Crippen molar-refractivity contribution in [2.45, 2.75) is 6.92 Å². The molecule has 4 aliphatic rings. The van der Waals surface area contributed by atoms with E-state index in [-0.39, 0.29) is 84.5 Å². The highest BCUT2D eigenvalue weighted by Gasteiger charge is 2.41. The van der Waals surface area contributed by atoms with Crippen LogP contribution in [0.3, 0.4) is 0 Å². The second kappa shape index (κ2) is 16.2. The van der Waals surface area contributed by atoms with Gasteiger partial charge < -0.3 is 20.2 Å². The predicted molar refractivity (Wildman–Crippen MR) is 285 cm³/mol. The summed E-state index contributed by atoms with van der Waals surface area (Å²) in [4.78, 5) is 128. The van der Waals surface area contributed by atoms with E-state index in [0.717, 1.165) is 36.2 Å². The molecule has 4 aliphatic heterocycles. The van der Waals surface area contributed by atoms with Crippen molar-refractivity contribution in [2.75, 3.05) is 21.7 Å². The summed E-state index contributed by atoms with van der Waals surface area (Å²) in [5.41, 5.74) is 7.82. The Morgan fingerprint density at radius 1 is 0.346 bits per heavy atom. The molecule has 18 nitrogen and oxygen atoms in total. The molecule has 0 spiro atoms. The van der Waals surface area contributed by atoms with Crippen molar-refractivity contribution in [3.63, 3.8) is 0 Å². The highest BCUT2D eigenvalue weighted by atomic mass is 16.3. The van der Waals surface area contributed by atoms with E-state index in [1.54, 1.807) is 84.9 Å². The number of nitrogens with one attached hydrogen (secondary N) is 2. The lowest BCUT2D eigenvalue weighted by atomic mass is 9.97. The number of aromatic amines is 2. The van der Waals surface area contributed by atoms with Crippen molar-refractivity contribution in [2.24, 2.45) is 0 Å². The van der Waals surface area contributed by atoms with Crippen molar-refractivity contribution < 1.29 is 48.6 Å². The fourth-order valence-electron chi connectivity index (χ4n) is 10.7. The lowest BCUT2D eigenvalue weighted by molar-refractivity contribution is 0.0690. The number of phenolic OH excluding ortho intramolecular Hbond substituents is 2. The molecule has 0 radical (unpaired) electrons. The molecule has 0 bridgehead atoms. The van der Waals surface area contributed by atoms with Gasteiger partial charge in [0.05, 0.1) is 94.8 Å². The van der Waals surface area contributed by atoms with E-state index in [9.17, 15) is 48.6 Å². The van der Waals surface area contributed by atoms with Crippen LogP contribution in [0.1, 0.15) is 88.4 Å². The minimum Gasteiger partial charge on any atom is -0.507 e. The maximum atomic E-state index is 14.2. The van der Waals surface area contributed by atoms with Crippen molar-refractivity contribution in [1.29, 1.82) is 0 Å². The second-order valence-electron chi connectivity index (χ2n) is 19.3. The fourth-order valence-corrected chi connectivity index (χ4v) is 10.7. The van der Waals surface area contributed by atoms with E-state index < -0.39 is 47.3 Å². The van der Waals surface area contributed by atoms with Gasteiger partial charge in [0, 0.05) is 13.1 Å². The van der Waals surface area contributed by atoms with Gasteiger partial charge in [-0.15, -0.1) is 0 Å². The molecule has 6 heterocycles. The van der Waals surface area contributed by atoms with Gasteiger partial charge in [-0.2, -0.15) is 0 Å². The van der Waals surface area contributed by atoms with Crippen LogP contribution in [0.25, 0.3) is 67.1 Å². The van der Waals surface area contributed by atoms with Gasteiger partial charge in [-0.3, -0.25) is 43.3 Å². The maximum absolute atomic E-state index is 14.2. The average Bonchev–Trinajstić information content (AvgIpc) is 4.40. The number of rotatable bonds is 7. The first kappa shape index (κ1) is 45.5. The minimum atomic E-state index is -0.651. The van der Waals surface area contributed by atoms with Crippen LogP contribution < -0.4 is 14.7 Å². The lowest BCUT2D eigenvalue weighted by Crippen LogP contribution is -2.29. The molecule has 0 saturated heterocycles. The summed E-state index contributed by atoms with van der Waals surface area (Å²) in [6.45, 7) is 1.95. The number of imidazole rings is 2. The third-order valence-electron chi connectivity index (χ3n) is 14.8. The van der Waals surface area contributed by atoms with Gasteiger partial charge in [-0.05, 0) is 144 Å². The molecular weight excluding hydrogens is 993 g/mol. The first-order valence-electron chi connectivity index (χ1n) is 24.3. The van der Waals surface area contributed by atoms with Crippen molar-refractivity contribution >= 4 is 86.4 Å². The number of amides is 8. The van der Waals surface area contributed by atoms with Gasteiger partial charge >= 0.3 is 0 Å². The Bertz CT molecular complexity index is 4550. The number of hydrogen-bond donors (Lipinski definition) is 4. The Morgan fingerprint density at radius 2 is 0.756 bits per heavy atom. The molecule has 0 aliphatic carbocycles. The zero-order valence-electron chi connectivity index (χ0n) is 40.7. The average molecular weight is 1030 g/mol. The van der Waals surface area contributed by atoms with Gasteiger partial charge in [0.15, 0.2) is 0 Å². The standard InChI is InChI=1S/C60H34N8O10/c1-27-3-16-45-47(19-27)63-51(61-45)39-15-8-34(26-50(39)70)68-57(75)38-14-7-31(23-43(38)60(68)78)30-6-12-36-41(22-30)58(76)66(55(36)73)32-10-18-49(69)44(24-32)52-62-46-17-9-33(25-48(46)64-52)67-56(74)37-13-5-29(21-42(37)59(67)77)28-4-11-35-40(20-28)54(72)65(2)53(35)71/h3-26,69-70H,1-2H3,(H,61,63)(H,62,64). The smallest absolute Gasteiger partial charge is 0.266 e. The van der Waals surface area contributed by atoms with Crippen molar-refractivity contribution in [3.05, 3.63) is 196 Å². The van der Waals surface area contributed by atoms with Gasteiger partial charge in [0.2, 0.25) is 0 Å². The maximum Gasteiger partial charge on any atom is 0.266 e. The Balaban J connectivity index is 0.703. The van der Waals surface area contributed by atoms with Gasteiger partial charge in [0.25, 0.3) is 47.3 Å². The molecule has 10 aromatic rings. The predicted octanol–water partition coefficient (Wildman–Crippen LogP) is 9.45. The normalized spacial score (nSPS) is 14.7. The third kappa shape index (κ3) is 6.56. The van der Waals surface area contributed by atoms with E-state index >= 15 is 0 Å². The summed E-state index contributed by atoms with van der Waals surface area (Å²) >= 11 is 0. The summed E-state index contributed by atoms with van der Waals surface area (Å²) in [5, 5.41) is 22.2. The highest BCUT2D eigenvalue weighted by molar-refractivity contribution is 6.37. The van der Waals surface area contributed by atoms with E-state index in [1.807, 2.05) is 25.1 Å². The van der Waals surface area contributed by atoms with Gasteiger partial charge in [-0.25, -0.2) is 24.7 Å². The summed E-state index contributed by atoms with van der Waals surface area (Å²) in [6, 6.07) is 38.2. The number of fused-ring (bicyclic) bond motifs is 6. The van der Waals surface area contributed by atoms with Crippen molar-refractivity contribution in [3.8, 4) is 56.5 Å². The van der Waals surface area contributed by atoms with E-state index in [0.29, 0.717) is 44.7 Å². The number of aromatic nitrogens is 4. The molecule has 0 saturated carbocycles. The zero-order valence-corrected chi connectivity index (χ0v) is 40.7. The number of carbonyl (C=O) groups is 8. The molecule has 4 N–H and O–H groups in total. The number of aryl methyl sites for hydroxylation is 1. The number of hydrogen-bond acceptors (Lipinski definition) is 12. The van der Waals surface area contributed by atoms with Crippen LogP contribution in [-0.2, 0) is 0 Å². The van der Waals surface area contributed by atoms with E-state index in [2.05, 4.69) is 19.9 Å². The number of phenols is 2. The molecule has 8 aromatic carbocycles. The monoisotopic (exact) mass is 1030 g/mol. The van der Waals surface area contributed by atoms with Gasteiger partial charge in [0.1, 0.15) is 23.1 Å². The topological polar surface area (TPSA) is 247 Å². The number of H-pyrrole nitrogens is 2. The molecule has 374 valence electrons. The quantitative estimate of drug-likeness (QED) is 0.109. The van der Waals surface area contributed by atoms with Crippen LogP contribution in [0.2, 0.25) is 0 Å². The highest BCUT2D eigenvalue weighted by Crippen LogP contribution is 2.41. The molecule has 14 rings (SSSR count). The summed E-state index contributed by atoms with van der Waals surface area (Å²) < 4.78 is 0. The van der Waals surface area contributed by atoms with Crippen LogP contribution in [0.5, 0.6) is 11.5 Å². The number of aromatic hydroxyl groups is 2. The van der Waals surface area contributed by atoms with Crippen molar-refractivity contribution in [1.82, 2.24) is 24.8 Å². The molecule has 2 aromatic heterocycles. The minimum absolute atomic E-state index is 0.0814. The first-order chi connectivity index (χ1) is 37.6. The number of nitrogens with zero attached hydrogens (tertiary/aromatic N) is 6. The molecule has 8 amide bonds.